The maximum atomic E-state index is 10.6. The van der Waals surface area contributed by atoms with Gasteiger partial charge in [-0.15, -0.1) is 0 Å². The second-order valence-corrected chi connectivity index (χ2v) is 3.22. The first kappa shape index (κ1) is 13.5. The van der Waals surface area contributed by atoms with Gasteiger partial charge >= 0.3 is 48.9 Å². The van der Waals surface area contributed by atoms with E-state index in [1.165, 1.54) is 0 Å². The molecule has 1 aliphatic rings. The monoisotopic (exact) mass is 308 g/mol. The van der Waals surface area contributed by atoms with Gasteiger partial charge in [0.15, 0.2) is 0 Å². The predicted molar refractivity (Wildman–Crippen MR) is 41.3 cm³/mol. The average Bonchev–Trinajstić information content (AvgIpc) is 2.05. The third-order valence-corrected chi connectivity index (χ3v) is 2.49. The summed E-state index contributed by atoms with van der Waals surface area (Å²) in [7, 11) is 0. The summed E-state index contributed by atoms with van der Waals surface area (Å²) in [5.74, 6) is -3.00. The van der Waals surface area contributed by atoms with E-state index >= 15 is 0 Å². The first-order valence-corrected chi connectivity index (χ1v) is 4.02. The normalized spacial score (nSPS) is 20.0. The van der Waals surface area contributed by atoms with Crippen molar-refractivity contribution >= 4 is 60.8 Å². The molecule has 0 radical (unpaired) electrons. The molecule has 0 aliphatic heterocycles. The molecule has 0 saturated heterocycles. The van der Waals surface area contributed by atoms with Gasteiger partial charge in [-0.05, 0) is 12.8 Å². The van der Waals surface area contributed by atoms with Crippen LogP contribution in [0.2, 0.25) is 0 Å². The second-order valence-electron chi connectivity index (χ2n) is 3.22. The van der Waals surface area contributed by atoms with Gasteiger partial charge in [0.1, 0.15) is 0 Å². The maximum Gasteiger partial charge on any atom is 2.00 e. The zero-order chi connectivity index (χ0) is 9.19. The molecule has 0 aromatic heterocycles. The largest absolute Gasteiger partial charge is 2.00 e. The smallest absolute Gasteiger partial charge is 0.549 e. The molecule has 0 aromatic carbocycles. The third kappa shape index (κ3) is 2.73. The van der Waals surface area contributed by atoms with Crippen molar-refractivity contribution in [3.63, 3.8) is 0 Å². The van der Waals surface area contributed by atoms with E-state index in [0.29, 0.717) is 12.8 Å². The molecule has 0 spiro atoms. The van der Waals surface area contributed by atoms with E-state index < -0.39 is 17.4 Å². The fourth-order valence-electron chi connectivity index (χ4n) is 1.65. The number of carboxylic acid groups (broad SMARTS) is 2. The van der Waals surface area contributed by atoms with E-state index in [9.17, 15) is 19.8 Å². The molecule has 0 unspecified atom stereocenters. The summed E-state index contributed by atoms with van der Waals surface area (Å²) in [5, 5.41) is 21.2. The van der Waals surface area contributed by atoms with Crippen LogP contribution >= 0.6 is 0 Å². The molecule has 4 nitrogen and oxygen atoms in total. The summed E-state index contributed by atoms with van der Waals surface area (Å²) in [6.45, 7) is 0. The SMILES string of the molecule is O=C([O-])C1(C(=O)[O-])CCCCC1.[Ba+2]. The molecule has 0 aromatic rings. The molecular weight excluding hydrogens is 297 g/mol. The van der Waals surface area contributed by atoms with Crippen molar-refractivity contribution in [3.8, 4) is 0 Å². The second kappa shape index (κ2) is 5.41. The third-order valence-electron chi connectivity index (χ3n) is 2.49. The van der Waals surface area contributed by atoms with Crippen LogP contribution in [0.5, 0.6) is 0 Å². The summed E-state index contributed by atoms with van der Waals surface area (Å²) in [4.78, 5) is 21.2. The molecule has 1 rings (SSSR count). The molecule has 1 fully saturated rings. The number of carboxylic acids is 2. The molecule has 0 bridgehead atoms. The van der Waals surface area contributed by atoms with Gasteiger partial charge in [0, 0.05) is 5.41 Å². The van der Waals surface area contributed by atoms with Crippen LogP contribution in [0.15, 0.2) is 0 Å². The number of hydrogen-bond acceptors (Lipinski definition) is 4. The summed E-state index contributed by atoms with van der Waals surface area (Å²) in [6, 6.07) is 0. The Morgan fingerprint density at radius 3 is 1.54 bits per heavy atom. The van der Waals surface area contributed by atoms with Gasteiger partial charge in [0.2, 0.25) is 0 Å². The van der Waals surface area contributed by atoms with Crippen molar-refractivity contribution in [1.82, 2.24) is 0 Å². The Bertz CT molecular complexity index is 192. The number of carbonyl (C=O) groups excluding carboxylic acids is 2. The molecule has 1 saturated carbocycles. The van der Waals surface area contributed by atoms with Crippen molar-refractivity contribution in [2.45, 2.75) is 32.1 Å². The quantitative estimate of drug-likeness (QED) is 0.439. The summed E-state index contributed by atoms with van der Waals surface area (Å²) in [6.07, 6.45) is 2.45. The van der Waals surface area contributed by atoms with Crippen LogP contribution in [0, 0.1) is 5.41 Å². The fourth-order valence-corrected chi connectivity index (χ4v) is 1.65. The van der Waals surface area contributed by atoms with E-state index in [2.05, 4.69) is 0 Å². The summed E-state index contributed by atoms with van der Waals surface area (Å²) >= 11 is 0. The van der Waals surface area contributed by atoms with Gasteiger partial charge in [-0.3, -0.25) is 0 Å². The predicted octanol–water partition coefficient (Wildman–Crippen LogP) is -1.94. The minimum atomic E-state index is -1.71. The first-order chi connectivity index (χ1) is 5.59. The van der Waals surface area contributed by atoms with Gasteiger partial charge in [-0.1, -0.05) is 19.3 Å². The van der Waals surface area contributed by atoms with Crippen molar-refractivity contribution in [1.29, 1.82) is 0 Å². The fraction of sp³-hybridized carbons (Fsp3) is 0.750. The topological polar surface area (TPSA) is 80.3 Å². The van der Waals surface area contributed by atoms with Crippen LogP contribution in [0.1, 0.15) is 32.1 Å². The van der Waals surface area contributed by atoms with Crippen LogP contribution in [-0.2, 0) is 9.59 Å². The Morgan fingerprint density at radius 1 is 0.923 bits per heavy atom. The van der Waals surface area contributed by atoms with Crippen molar-refractivity contribution in [3.05, 3.63) is 0 Å². The van der Waals surface area contributed by atoms with Crippen LogP contribution in [0.4, 0.5) is 0 Å². The minimum absolute atomic E-state index is 0. The Morgan fingerprint density at radius 2 is 1.31 bits per heavy atom. The molecule has 0 heterocycles. The number of aliphatic carboxylic acids is 2. The van der Waals surface area contributed by atoms with Crippen LogP contribution in [-0.4, -0.2) is 60.8 Å². The zero-order valence-electron chi connectivity index (χ0n) is 7.38. The van der Waals surface area contributed by atoms with E-state index in [4.69, 9.17) is 0 Å². The molecule has 1 aliphatic carbocycles. The molecule has 5 heteroatoms. The van der Waals surface area contributed by atoms with Crippen molar-refractivity contribution in [2.24, 2.45) is 5.41 Å². The molecule has 0 N–H and O–H groups in total. The zero-order valence-corrected chi connectivity index (χ0v) is 11.8. The maximum absolute atomic E-state index is 10.6. The number of carbonyl (C=O) groups is 2. The van der Waals surface area contributed by atoms with Gasteiger partial charge in [0.25, 0.3) is 0 Å². The minimum Gasteiger partial charge on any atom is -0.549 e. The van der Waals surface area contributed by atoms with Gasteiger partial charge < -0.3 is 19.8 Å². The van der Waals surface area contributed by atoms with E-state index in [-0.39, 0.29) is 61.7 Å². The Labute approximate surface area is 117 Å². The van der Waals surface area contributed by atoms with Crippen LogP contribution in [0.3, 0.4) is 0 Å². The molecular formula is C8H10BaO4. The first-order valence-electron chi connectivity index (χ1n) is 4.02. The number of rotatable bonds is 2. The molecule has 0 atom stereocenters. The van der Waals surface area contributed by atoms with E-state index in [1.54, 1.807) is 0 Å². The van der Waals surface area contributed by atoms with Gasteiger partial charge in [0.05, 0.1) is 11.9 Å². The van der Waals surface area contributed by atoms with Crippen LogP contribution < -0.4 is 10.2 Å². The van der Waals surface area contributed by atoms with E-state index in [0.717, 1.165) is 6.42 Å². The molecule has 0 amide bonds. The number of hydrogen-bond donors (Lipinski definition) is 0. The van der Waals surface area contributed by atoms with Crippen LogP contribution in [0.25, 0.3) is 0 Å². The Kier molecular flexibility index (Phi) is 5.62. The summed E-state index contributed by atoms with van der Waals surface area (Å²) in [5.41, 5.74) is -1.71. The molecule has 13 heavy (non-hydrogen) atoms. The standard InChI is InChI=1S/C8H12O4.Ba/c9-6(10)8(7(11)12)4-2-1-3-5-8;/h1-5H2,(H,9,10)(H,11,12);/q;+2/p-2. The average molecular weight is 307 g/mol. The van der Waals surface area contributed by atoms with Gasteiger partial charge in [-0.2, -0.15) is 0 Å². The van der Waals surface area contributed by atoms with E-state index in [1.807, 2.05) is 0 Å². The van der Waals surface area contributed by atoms with Gasteiger partial charge in [-0.25, -0.2) is 0 Å². The Hall–Kier alpha value is 0.511. The van der Waals surface area contributed by atoms with Crippen molar-refractivity contribution in [2.75, 3.05) is 0 Å². The summed E-state index contributed by atoms with van der Waals surface area (Å²) < 4.78 is 0. The Balaban J connectivity index is 0.00000144. The van der Waals surface area contributed by atoms with Crippen molar-refractivity contribution < 1.29 is 19.8 Å². The molecule has 68 valence electrons.